The molecule has 0 radical (unpaired) electrons. The number of aliphatic imine (C=N–C) groups is 1. The maximum Gasteiger partial charge on any atom is 0.227 e. The molecule has 3 heterocycles. The van der Waals surface area contributed by atoms with Crippen LogP contribution in [0.25, 0.3) is 16.6 Å². The molecular formula is C35H42ClN5O. The monoisotopic (exact) mass is 583 g/mol. The molecular weight excluding hydrogens is 542 g/mol. The number of nitrogens with zero attached hydrogens (tertiary/aromatic N) is 3. The Bertz CT molecular complexity index is 1550. The summed E-state index contributed by atoms with van der Waals surface area (Å²) in [5.41, 5.74) is 6.97. The quantitative estimate of drug-likeness (QED) is 0.134. The van der Waals surface area contributed by atoms with Crippen molar-refractivity contribution in [3.63, 3.8) is 0 Å². The lowest BCUT2D eigenvalue weighted by atomic mass is 9.95. The SMILES string of the molecule is CC=C1CCC=C(CCCCC(C)CC(=O)c2cc3cc(Nc4nccc(C5=CCC(C)C=N5)n4)cc(Cl)c3[nH]2)CC1. The van der Waals surface area contributed by atoms with Crippen LogP contribution in [0.5, 0.6) is 0 Å². The number of ketones is 1. The molecule has 2 aromatic heterocycles. The van der Waals surface area contributed by atoms with Crippen LogP contribution >= 0.6 is 11.6 Å². The molecule has 0 bridgehead atoms. The Morgan fingerprint density at radius 1 is 1.19 bits per heavy atom. The molecule has 0 spiro atoms. The Kier molecular flexibility index (Phi) is 10.1. The van der Waals surface area contributed by atoms with E-state index in [0.29, 0.717) is 34.9 Å². The van der Waals surface area contributed by atoms with Crippen LogP contribution in [0.3, 0.4) is 0 Å². The Labute approximate surface area is 254 Å². The van der Waals surface area contributed by atoms with E-state index in [-0.39, 0.29) is 5.78 Å². The van der Waals surface area contributed by atoms with Crippen LogP contribution in [0.2, 0.25) is 5.02 Å². The summed E-state index contributed by atoms with van der Waals surface area (Å²) in [6.07, 6.45) is 21.4. The van der Waals surface area contributed by atoms with Crippen LogP contribution < -0.4 is 5.32 Å². The largest absolute Gasteiger partial charge is 0.351 e. The number of aromatic nitrogens is 3. The van der Waals surface area contributed by atoms with E-state index in [9.17, 15) is 4.79 Å². The fourth-order valence-corrected chi connectivity index (χ4v) is 6.08. The summed E-state index contributed by atoms with van der Waals surface area (Å²) < 4.78 is 0. The molecule has 0 fully saturated rings. The van der Waals surface area contributed by atoms with Crippen LogP contribution in [0.4, 0.5) is 11.6 Å². The Balaban J connectivity index is 1.15. The van der Waals surface area contributed by atoms with Gasteiger partial charge in [-0.05, 0) is 88.0 Å². The highest BCUT2D eigenvalue weighted by Gasteiger charge is 2.16. The first-order valence-corrected chi connectivity index (χ1v) is 15.8. The minimum absolute atomic E-state index is 0.126. The van der Waals surface area contributed by atoms with Crippen molar-refractivity contribution in [2.24, 2.45) is 16.8 Å². The molecule has 5 rings (SSSR count). The van der Waals surface area contributed by atoms with Crippen molar-refractivity contribution in [2.45, 2.75) is 85.0 Å². The molecule has 2 aliphatic rings. The normalized spacial score (nSPS) is 19.0. The molecule has 0 amide bonds. The molecule has 1 aliphatic carbocycles. The second-order valence-corrected chi connectivity index (χ2v) is 12.3. The molecule has 3 aromatic rings. The van der Waals surface area contributed by atoms with E-state index in [1.54, 1.807) is 17.3 Å². The van der Waals surface area contributed by atoms with Gasteiger partial charge in [0.2, 0.25) is 5.95 Å². The summed E-state index contributed by atoms with van der Waals surface area (Å²) >= 11 is 6.63. The van der Waals surface area contributed by atoms with E-state index < -0.39 is 0 Å². The summed E-state index contributed by atoms with van der Waals surface area (Å²) in [5.74, 6) is 1.37. The van der Waals surface area contributed by atoms with Crippen molar-refractivity contribution >= 4 is 51.8 Å². The molecule has 2 unspecified atom stereocenters. The summed E-state index contributed by atoms with van der Waals surface area (Å²) in [6.45, 7) is 6.48. The van der Waals surface area contributed by atoms with Gasteiger partial charge in [-0.25, -0.2) is 9.97 Å². The average molecular weight is 584 g/mol. The molecule has 42 heavy (non-hydrogen) atoms. The van der Waals surface area contributed by atoms with Crippen molar-refractivity contribution in [1.29, 1.82) is 0 Å². The summed E-state index contributed by atoms with van der Waals surface area (Å²) in [5, 5.41) is 4.69. The number of hydrogen-bond acceptors (Lipinski definition) is 5. The van der Waals surface area contributed by atoms with Gasteiger partial charge in [-0.2, -0.15) is 0 Å². The van der Waals surface area contributed by atoms with E-state index in [4.69, 9.17) is 11.6 Å². The number of anilines is 2. The van der Waals surface area contributed by atoms with Gasteiger partial charge < -0.3 is 10.3 Å². The third kappa shape index (κ3) is 7.86. The first-order valence-electron chi connectivity index (χ1n) is 15.4. The van der Waals surface area contributed by atoms with Crippen molar-refractivity contribution in [3.05, 3.63) is 76.2 Å². The number of carbonyl (C=O) groups excluding carboxylic acids is 1. The number of carbonyl (C=O) groups is 1. The number of unbranched alkanes of at least 4 members (excludes halogenated alkanes) is 1. The number of H-pyrrole nitrogens is 1. The van der Waals surface area contributed by atoms with Crippen LogP contribution in [-0.4, -0.2) is 26.9 Å². The van der Waals surface area contributed by atoms with Gasteiger partial charge in [0.15, 0.2) is 5.78 Å². The molecule has 7 heteroatoms. The number of Topliss-reactive ketones (excluding diaryl/α,β-unsaturated/α-hetero) is 1. The summed E-state index contributed by atoms with van der Waals surface area (Å²) in [6, 6.07) is 7.56. The van der Waals surface area contributed by atoms with E-state index in [2.05, 4.69) is 64.3 Å². The van der Waals surface area contributed by atoms with Gasteiger partial charge in [0.1, 0.15) is 0 Å². The molecule has 2 N–H and O–H groups in total. The standard InChI is InChI=1S/C35H42ClN5O/c1-4-25-10-7-11-26(14-13-25)9-6-5-8-23(2)18-33(42)32-20-27-19-28(21-29(36)34(27)40-32)39-35-37-17-16-31(41-35)30-15-12-24(3)22-38-30/h4,11,15-17,19-24,40H,5-10,12-14,18H2,1-3H3,(H,37,39,41). The third-order valence-corrected chi connectivity index (χ3v) is 8.66. The number of rotatable bonds is 11. The first kappa shape index (κ1) is 30.0. The number of benzene rings is 1. The number of halogens is 1. The number of aromatic amines is 1. The predicted octanol–water partition coefficient (Wildman–Crippen LogP) is 10.0. The summed E-state index contributed by atoms with van der Waals surface area (Å²) in [4.78, 5) is 30.0. The van der Waals surface area contributed by atoms with Gasteiger partial charge in [0, 0.05) is 29.9 Å². The second-order valence-electron chi connectivity index (χ2n) is 11.9. The molecule has 0 saturated carbocycles. The lowest BCUT2D eigenvalue weighted by Gasteiger charge is -2.11. The lowest BCUT2D eigenvalue weighted by molar-refractivity contribution is 0.0958. The smallest absolute Gasteiger partial charge is 0.227 e. The highest BCUT2D eigenvalue weighted by Crippen LogP contribution is 2.31. The van der Waals surface area contributed by atoms with Crippen molar-refractivity contribution in [2.75, 3.05) is 5.32 Å². The van der Waals surface area contributed by atoms with E-state index in [1.165, 1.54) is 38.5 Å². The number of allylic oxidation sites excluding steroid dienone is 5. The summed E-state index contributed by atoms with van der Waals surface area (Å²) in [7, 11) is 0. The van der Waals surface area contributed by atoms with Gasteiger partial charge in [-0.1, -0.05) is 67.7 Å². The minimum atomic E-state index is 0.126. The molecule has 1 aliphatic heterocycles. The van der Waals surface area contributed by atoms with E-state index >= 15 is 0 Å². The van der Waals surface area contributed by atoms with Crippen molar-refractivity contribution < 1.29 is 4.79 Å². The van der Waals surface area contributed by atoms with Gasteiger partial charge in [-0.15, -0.1) is 0 Å². The molecule has 2 atom stereocenters. The fraction of sp³-hybridized carbons (Fsp3) is 0.429. The zero-order chi connectivity index (χ0) is 29.5. The highest BCUT2D eigenvalue weighted by molar-refractivity contribution is 6.35. The Morgan fingerprint density at radius 2 is 2.07 bits per heavy atom. The topological polar surface area (TPSA) is 83.0 Å². The molecule has 0 saturated heterocycles. The maximum atomic E-state index is 13.2. The van der Waals surface area contributed by atoms with E-state index in [1.807, 2.05) is 30.5 Å². The Hall–Kier alpha value is -3.51. The third-order valence-electron chi connectivity index (χ3n) is 8.36. The van der Waals surface area contributed by atoms with Crippen molar-refractivity contribution in [1.82, 2.24) is 15.0 Å². The zero-order valence-corrected chi connectivity index (χ0v) is 25.8. The molecule has 220 valence electrons. The van der Waals surface area contributed by atoms with Crippen LogP contribution in [-0.2, 0) is 0 Å². The number of hydrogen-bond donors (Lipinski definition) is 2. The molecule has 6 nitrogen and oxygen atoms in total. The average Bonchev–Trinajstić information content (AvgIpc) is 3.29. The molecule has 1 aromatic carbocycles. The first-order chi connectivity index (χ1) is 20.4. The Morgan fingerprint density at radius 3 is 2.88 bits per heavy atom. The number of nitrogens with one attached hydrogen (secondary N) is 2. The second kappa shape index (κ2) is 14.1. The number of fused-ring (bicyclic) bond motifs is 1. The van der Waals surface area contributed by atoms with Crippen molar-refractivity contribution in [3.8, 4) is 0 Å². The van der Waals surface area contributed by atoms with Gasteiger partial charge in [0.25, 0.3) is 0 Å². The van der Waals surface area contributed by atoms with Gasteiger partial charge in [-0.3, -0.25) is 9.79 Å². The van der Waals surface area contributed by atoms with Gasteiger partial charge >= 0.3 is 0 Å². The van der Waals surface area contributed by atoms with Crippen LogP contribution in [0.15, 0.2) is 64.8 Å². The van der Waals surface area contributed by atoms with Crippen LogP contribution in [0.1, 0.15) is 101 Å². The fourth-order valence-electron chi connectivity index (χ4n) is 5.80. The predicted molar refractivity (Wildman–Crippen MR) is 176 cm³/mol. The van der Waals surface area contributed by atoms with Crippen LogP contribution in [0, 0.1) is 11.8 Å². The lowest BCUT2D eigenvalue weighted by Crippen LogP contribution is -2.06. The van der Waals surface area contributed by atoms with E-state index in [0.717, 1.165) is 47.2 Å². The zero-order valence-electron chi connectivity index (χ0n) is 25.0. The van der Waals surface area contributed by atoms with Gasteiger partial charge in [0.05, 0.1) is 27.6 Å². The highest BCUT2D eigenvalue weighted by atomic mass is 35.5. The maximum absolute atomic E-state index is 13.2. The minimum Gasteiger partial charge on any atom is -0.351 e.